The lowest BCUT2D eigenvalue weighted by Gasteiger charge is -2.28. The van der Waals surface area contributed by atoms with Crippen LogP contribution in [0.25, 0.3) is 0 Å². The average Bonchev–Trinajstić information content (AvgIpc) is 2.97. The van der Waals surface area contributed by atoms with E-state index in [9.17, 15) is 22.8 Å². The van der Waals surface area contributed by atoms with Gasteiger partial charge in [0, 0.05) is 18.7 Å². The Kier molecular flexibility index (Phi) is 6.43. The third-order valence-electron chi connectivity index (χ3n) is 5.38. The molecule has 0 saturated heterocycles. The van der Waals surface area contributed by atoms with Gasteiger partial charge < -0.3 is 10.2 Å². The van der Waals surface area contributed by atoms with E-state index in [-0.39, 0.29) is 30.2 Å². The quantitative estimate of drug-likeness (QED) is 0.699. The molecular formula is C24H27F3N2O2. The van der Waals surface area contributed by atoms with Crippen molar-refractivity contribution in [1.82, 2.24) is 10.2 Å². The molecule has 0 bridgehead atoms. The number of fused-ring (bicyclic) bond motifs is 1. The van der Waals surface area contributed by atoms with Crippen LogP contribution in [-0.4, -0.2) is 29.8 Å². The molecule has 2 amide bonds. The van der Waals surface area contributed by atoms with Crippen molar-refractivity contribution in [2.75, 3.05) is 13.1 Å². The summed E-state index contributed by atoms with van der Waals surface area (Å²) in [7, 11) is 0. The van der Waals surface area contributed by atoms with Crippen molar-refractivity contribution in [3.63, 3.8) is 0 Å². The monoisotopic (exact) mass is 432 g/mol. The van der Waals surface area contributed by atoms with Crippen LogP contribution in [0.15, 0.2) is 48.5 Å². The number of nitrogens with one attached hydrogen (secondary N) is 1. The van der Waals surface area contributed by atoms with Gasteiger partial charge in [0.25, 0.3) is 5.91 Å². The van der Waals surface area contributed by atoms with Crippen molar-refractivity contribution < 1.29 is 22.8 Å². The topological polar surface area (TPSA) is 49.4 Å². The molecule has 3 rings (SSSR count). The molecule has 0 fully saturated rings. The standard InChI is InChI=1S/C24H27F3N2O2/c1-23(2,3)12-14-29-20(18-9-4-5-10-19(18)22(29)31)21(30)28-13-11-16-7-6-8-17(15-16)24(25,26)27/h4-10,15,20H,11-14H2,1-3H3,(H,28,30). The van der Waals surface area contributed by atoms with Crippen LogP contribution in [0.4, 0.5) is 13.2 Å². The summed E-state index contributed by atoms with van der Waals surface area (Å²) < 4.78 is 38.7. The van der Waals surface area contributed by atoms with Gasteiger partial charge >= 0.3 is 6.18 Å². The minimum absolute atomic E-state index is 0.000416. The Morgan fingerprint density at radius 2 is 1.77 bits per heavy atom. The molecule has 1 N–H and O–H groups in total. The van der Waals surface area contributed by atoms with Gasteiger partial charge in [-0.2, -0.15) is 13.2 Å². The van der Waals surface area contributed by atoms with Crippen molar-refractivity contribution >= 4 is 11.8 Å². The molecule has 1 atom stereocenters. The lowest BCUT2D eigenvalue weighted by Crippen LogP contribution is -2.41. The summed E-state index contributed by atoms with van der Waals surface area (Å²) in [6, 6.07) is 11.4. The Morgan fingerprint density at radius 3 is 2.45 bits per heavy atom. The lowest BCUT2D eigenvalue weighted by atomic mass is 9.92. The molecule has 1 unspecified atom stereocenters. The molecule has 1 heterocycles. The molecule has 31 heavy (non-hydrogen) atoms. The molecule has 0 aliphatic carbocycles. The second kappa shape index (κ2) is 8.73. The molecule has 0 radical (unpaired) electrons. The number of benzene rings is 2. The van der Waals surface area contributed by atoms with E-state index in [1.165, 1.54) is 6.07 Å². The van der Waals surface area contributed by atoms with E-state index in [4.69, 9.17) is 0 Å². The molecule has 0 saturated carbocycles. The van der Waals surface area contributed by atoms with Crippen LogP contribution in [0, 0.1) is 5.41 Å². The van der Waals surface area contributed by atoms with Crippen LogP contribution >= 0.6 is 0 Å². The fraction of sp³-hybridized carbons (Fsp3) is 0.417. The summed E-state index contributed by atoms with van der Waals surface area (Å²) in [6.07, 6.45) is -3.40. The van der Waals surface area contributed by atoms with Gasteiger partial charge in [-0.25, -0.2) is 0 Å². The maximum absolute atomic E-state index is 13.0. The van der Waals surface area contributed by atoms with Gasteiger partial charge in [-0.3, -0.25) is 9.59 Å². The number of hydrogen-bond donors (Lipinski definition) is 1. The largest absolute Gasteiger partial charge is 0.416 e. The average molecular weight is 432 g/mol. The Hall–Kier alpha value is -2.83. The molecule has 4 nitrogen and oxygen atoms in total. The number of carbonyl (C=O) groups is 2. The van der Waals surface area contributed by atoms with Crippen LogP contribution < -0.4 is 5.32 Å². The van der Waals surface area contributed by atoms with E-state index in [0.717, 1.165) is 18.6 Å². The highest BCUT2D eigenvalue weighted by Gasteiger charge is 2.40. The molecule has 7 heteroatoms. The second-order valence-corrected chi connectivity index (χ2v) is 9.04. The smallest absolute Gasteiger partial charge is 0.354 e. The van der Waals surface area contributed by atoms with E-state index in [0.29, 0.717) is 23.2 Å². The van der Waals surface area contributed by atoms with Crippen LogP contribution in [-0.2, 0) is 17.4 Å². The fourth-order valence-electron chi connectivity index (χ4n) is 3.67. The van der Waals surface area contributed by atoms with E-state index < -0.39 is 17.8 Å². The summed E-state index contributed by atoms with van der Waals surface area (Å²) in [5.74, 6) is -0.489. The van der Waals surface area contributed by atoms with Crippen molar-refractivity contribution in [2.24, 2.45) is 5.41 Å². The van der Waals surface area contributed by atoms with Gasteiger partial charge in [0.2, 0.25) is 5.91 Å². The van der Waals surface area contributed by atoms with Gasteiger partial charge in [-0.1, -0.05) is 57.2 Å². The summed E-state index contributed by atoms with van der Waals surface area (Å²) in [5, 5.41) is 2.81. The minimum atomic E-state index is -4.40. The molecule has 2 aromatic rings. The number of rotatable bonds is 6. The first kappa shape index (κ1) is 22.8. The summed E-state index contributed by atoms with van der Waals surface area (Å²) >= 11 is 0. The van der Waals surface area contributed by atoms with Gasteiger partial charge in [-0.05, 0) is 41.5 Å². The summed E-state index contributed by atoms with van der Waals surface area (Å²) in [5.41, 5.74) is 0.967. The summed E-state index contributed by atoms with van der Waals surface area (Å²) in [4.78, 5) is 27.5. The predicted molar refractivity (Wildman–Crippen MR) is 112 cm³/mol. The number of amides is 2. The minimum Gasteiger partial charge on any atom is -0.354 e. The molecule has 0 aromatic heterocycles. The number of nitrogens with zero attached hydrogens (tertiary/aromatic N) is 1. The first-order valence-electron chi connectivity index (χ1n) is 10.3. The van der Waals surface area contributed by atoms with Gasteiger partial charge in [0.1, 0.15) is 6.04 Å². The fourth-order valence-corrected chi connectivity index (χ4v) is 3.67. The van der Waals surface area contributed by atoms with Gasteiger partial charge in [0.15, 0.2) is 0 Å². The first-order valence-corrected chi connectivity index (χ1v) is 10.3. The highest BCUT2D eigenvalue weighted by atomic mass is 19.4. The zero-order valence-corrected chi connectivity index (χ0v) is 17.9. The SMILES string of the molecule is CC(C)(C)CCN1C(=O)c2ccccc2C1C(=O)NCCc1cccc(C(F)(F)F)c1. The van der Waals surface area contributed by atoms with Crippen molar-refractivity contribution in [2.45, 2.75) is 45.8 Å². The number of alkyl halides is 3. The molecule has 1 aliphatic heterocycles. The third-order valence-corrected chi connectivity index (χ3v) is 5.38. The predicted octanol–water partition coefficient (Wildman–Crippen LogP) is 5.00. The van der Waals surface area contributed by atoms with Crippen LogP contribution in [0.2, 0.25) is 0 Å². The van der Waals surface area contributed by atoms with E-state index >= 15 is 0 Å². The van der Waals surface area contributed by atoms with Crippen LogP contribution in [0.1, 0.15) is 60.3 Å². The second-order valence-electron chi connectivity index (χ2n) is 9.04. The zero-order chi connectivity index (χ0) is 22.8. The number of hydrogen-bond acceptors (Lipinski definition) is 2. The number of halogens is 3. The van der Waals surface area contributed by atoms with E-state index in [1.807, 2.05) is 0 Å². The Bertz CT molecular complexity index is 964. The number of carbonyl (C=O) groups excluding carboxylic acids is 2. The lowest BCUT2D eigenvalue weighted by molar-refractivity contribution is -0.137. The molecule has 1 aliphatic rings. The zero-order valence-electron chi connectivity index (χ0n) is 17.9. The maximum atomic E-state index is 13.0. The Balaban J connectivity index is 1.70. The molecule has 2 aromatic carbocycles. The highest BCUT2D eigenvalue weighted by molar-refractivity contribution is 6.04. The van der Waals surface area contributed by atoms with E-state index in [2.05, 4.69) is 26.1 Å². The molecular weight excluding hydrogens is 405 g/mol. The molecule has 166 valence electrons. The third kappa shape index (κ3) is 5.46. The highest BCUT2D eigenvalue weighted by Crippen LogP contribution is 2.35. The van der Waals surface area contributed by atoms with Gasteiger partial charge in [-0.15, -0.1) is 0 Å². The maximum Gasteiger partial charge on any atom is 0.416 e. The Labute approximate surface area is 180 Å². The Morgan fingerprint density at radius 1 is 1.06 bits per heavy atom. The van der Waals surface area contributed by atoms with Crippen LogP contribution in [0.5, 0.6) is 0 Å². The van der Waals surface area contributed by atoms with Crippen molar-refractivity contribution in [3.8, 4) is 0 Å². The summed E-state index contributed by atoms with van der Waals surface area (Å²) in [6.45, 7) is 6.85. The van der Waals surface area contributed by atoms with Crippen molar-refractivity contribution in [3.05, 3.63) is 70.8 Å². The van der Waals surface area contributed by atoms with E-state index in [1.54, 1.807) is 35.2 Å². The van der Waals surface area contributed by atoms with Crippen molar-refractivity contribution in [1.29, 1.82) is 0 Å². The normalized spacial score (nSPS) is 16.4. The van der Waals surface area contributed by atoms with Gasteiger partial charge in [0.05, 0.1) is 5.56 Å². The first-order chi connectivity index (χ1) is 14.5. The molecule has 0 spiro atoms. The van der Waals surface area contributed by atoms with Crippen LogP contribution in [0.3, 0.4) is 0 Å².